The number of nitrogens with two attached hydrogens (primary N) is 1. The van der Waals surface area contributed by atoms with Crippen molar-refractivity contribution in [1.82, 2.24) is 19.5 Å². The SMILES string of the molecule is CC(C)(C)c1nc2c(N)ncnc2n1[C@]1(C(=O)c2ccccc2)O[C@H](CO)[C@@H](O)[C@H]1O. The summed E-state index contributed by atoms with van der Waals surface area (Å²) in [5.74, 6) is -0.162. The van der Waals surface area contributed by atoms with Gasteiger partial charge in [0, 0.05) is 11.0 Å². The molecule has 3 aromatic rings. The number of nitrogens with zero attached hydrogens (tertiary/aromatic N) is 4. The van der Waals surface area contributed by atoms with Crippen LogP contribution in [0, 0.1) is 0 Å². The van der Waals surface area contributed by atoms with Crippen molar-refractivity contribution < 1.29 is 24.9 Å². The van der Waals surface area contributed by atoms with Crippen LogP contribution in [0.1, 0.15) is 37.0 Å². The van der Waals surface area contributed by atoms with E-state index in [9.17, 15) is 20.1 Å². The molecule has 0 amide bonds. The molecule has 2 aromatic heterocycles. The Labute approximate surface area is 178 Å². The second kappa shape index (κ2) is 7.34. The summed E-state index contributed by atoms with van der Waals surface area (Å²) in [6, 6.07) is 8.27. The quantitative estimate of drug-likeness (QED) is 0.431. The van der Waals surface area contributed by atoms with Crippen LogP contribution in [-0.4, -0.2) is 65.5 Å². The van der Waals surface area contributed by atoms with Gasteiger partial charge in [-0.1, -0.05) is 51.1 Å². The molecule has 1 aliphatic rings. The maximum atomic E-state index is 13.9. The van der Waals surface area contributed by atoms with Gasteiger partial charge in [-0.05, 0) is 0 Å². The minimum Gasteiger partial charge on any atom is -0.394 e. The molecule has 0 spiro atoms. The molecule has 1 aromatic carbocycles. The van der Waals surface area contributed by atoms with Crippen molar-refractivity contribution in [1.29, 1.82) is 0 Å². The molecule has 0 radical (unpaired) electrons. The first-order chi connectivity index (χ1) is 14.6. The van der Waals surface area contributed by atoms with E-state index in [2.05, 4.69) is 15.0 Å². The smallest absolute Gasteiger partial charge is 0.241 e. The summed E-state index contributed by atoms with van der Waals surface area (Å²) in [5, 5.41) is 31.6. The summed E-state index contributed by atoms with van der Waals surface area (Å²) in [7, 11) is 0. The maximum Gasteiger partial charge on any atom is 0.241 e. The molecule has 31 heavy (non-hydrogen) atoms. The molecule has 5 N–H and O–H groups in total. The second-order valence-corrected chi connectivity index (χ2v) is 8.62. The van der Waals surface area contributed by atoms with Crippen LogP contribution >= 0.6 is 0 Å². The summed E-state index contributed by atoms with van der Waals surface area (Å²) in [6.07, 6.45) is -3.22. The molecule has 4 rings (SSSR count). The van der Waals surface area contributed by atoms with Crippen LogP contribution in [0.2, 0.25) is 0 Å². The molecule has 3 heterocycles. The monoisotopic (exact) mass is 427 g/mol. The number of imidazole rings is 1. The maximum absolute atomic E-state index is 13.9. The number of Topliss-reactive ketones (excluding diaryl/α,β-unsaturated/α-hetero) is 1. The molecule has 164 valence electrons. The van der Waals surface area contributed by atoms with Crippen molar-refractivity contribution in [3.05, 3.63) is 48.0 Å². The molecule has 0 unspecified atom stereocenters. The third kappa shape index (κ3) is 3.10. The van der Waals surface area contributed by atoms with Gasteiger partial charge in [0.15, 0.2) is 17.0 Å². The Morgan fingerprint density at radius 1 is 1.23 bits per heavy atom. The van der Waals surface area contributed by atoms with E-state index in [1.165, 1.54) is 10.9 Å². The fourth-order valence-electron chi connectivity index (χ4n) is 3.95. The number of hydrogen-bond donors (Lipinski definition) is 4. The van der Waals surface area contributed by atoms with Gasteiger partial charge in [-0.25, -0.2) is 15.0 Å². The van der Waals surface area contributed by atoms with Gasteiger partial charge in [-0.15, -0.1) is 0 Å². The Morgan fingerprint density at radius 3 is 2.48 bits per heavy atom. The number of aliphatic hydroxyl groups is 3. The zero-order valence-electron chi connectivity index (χ0n) is 17.4. The molecule has 4 atom stereocenters. The lowest BCUT2D eigenvalue weighted by Gasteiger charge is -2.35. The van der Waals surface area contributed by atoms with E-state index in [0.717, 1.165) is 0 Å². The average Bonchev–Trinajstić information content (AvgIpc) is 3.26. The number of ether oxygens (including phenoxy) is 1. The predicted molar refractivity (Wildman–Crippen MR) is 111 cm³/mol. The highest BCUT2D eigenvalue weighted by Crippen LogP contribution is 2.43. The third-order valence-electron chi connectivity index (χ3n) is 5.45. The first-order valence-electron chi connectivity index (χ1n) is 9.87. The second-order valence-electron chi connectivity index (χ2n) is 8.62. The lowest BCUT2D eigenvalue weighted by atomic mass is 9.90. The molecular formula is C21H25N5O5. The minimum atomic E-state index is -2.13. The van der Waals surface area contributed by atoms with Crippen molar-refractivity contribution in [3.63, 3.8) is 0 Å². The van der Waals surface area contributed by atoms with Crippen LogP contribution in [0.25, 0.3) is 11.2 Å². The van der Waals surface area contributed by atoms with E-state index < -0.39 is 41.8 Å². The van der Waals surface area contributed by atoms with Crippen LogP contribution in [0.15, 0.2) is 36.7 Å². The fraction of sp³-hybridized carbons (Fsp3) is 0.429. The molecule has 0 bridgehead atoms. The number of ketones is 1. The topological polar surface area (TPSA) is 157 Å². The van der Waals surface area contributed by atoms with Gasteiger partial charge in [-0.3, -0.25) is 9.36 Å². The molecule has 0 aliphatic carbocycles. The summed E-state index contributed by atoms with van der Waals surface area (Å²) >= 11 is 0. The van der Waals surface area contributed by atoms with Gasteiger partial charge in [0.1, 0.15) is 30.5 Å². The standard InChI is InChI=1S/C21H25N5O5/c1-20(2,3)19-25-13-17(22)23-10-24-18(13)26(19)21(15(29)11-7-5-4-6-8-11)16(30)14(28)12(9-27)31-21/h4-8,10,12,14,16,27-28,30H,9H2,1-3H3,(H2,22,23,24)/t12-,14-,16-,21-/m1/s1. The molecule has 0 saturated carbocycles. The number of benzene rings is 1. The van der Waals surface area contributed by atoms with Gasteiger partial charge in [0.05, 0.1) is 6.61 Å². The zero-order chi connectivity index (χ0) is 22.6. The largest absolute Gasteiger partial charge is 0.394 e. The number of hydrogen-bond acceptors (Lipinski definition) is 9. The number of anilines is 1. The van der Waals surface area contributed by atoms with E-state index in [1.807, 2.05) is 20.8 Å². The molecule has 10 nitrogen and oxygen atoms in total. The van der Waals surface area contributed by atoms with Crippen LogP contribution in [0.5, 0.6) is 0 Å². The Hall–Kier alpha value is -2.92. The third-order valence-corrected chi connectivity index (χ3v) is 5.45. The summed E-state index contributed by atoms with van der Waals surface area (Å²) < 4.78 is 7.38. The number of rotatable bonds is 4. The highest BCUT2D eigenvalue weighted by Gasteiger charge is 2.62. The summed E-state index contributed by atoms with van der Waals surface area (Å²) in [6.45, 7) is 5.01. The molecule has 1 saturated heterocycles. The Bertz CT molecular complexity index is 1130. The van der Waals surface area contributed by atoms with Gasteiger partial charge in [-0.2, -0.15) is 0 Å². The van der Waals surface area contributed by atoms with Crippen molar-refractivity contribution in [3.8, 4) is 0 Å². The summed E-state index contributed by atoms with van der Waals surface area (Å²) in [4.78, 5) is 26.7. The van der Waals surface area contributed by atoms with Gasteiger partial charge in [0.2, 0.25) is 11.5 Å². The zero-order valence-corrected chi connectivity index (χ0v) is 17.4. The van der Waals surface area contributed by atoms with Crippen LogP contribution in [0.4, 0.5) is 5.82 Å². The molecule has 1 aliphatic heterocycles. The van der Waals surface area contributed by atoms with Crippen LogP contribution in [-0.2, 0) is 15.9 Å². The number of carbonyl (C=O) groups excluding carboxylic acids is 1. The number of fused-ring (bicyclic) bond motifs is 1. The van der Waals surface area contributed by atoms with E-state index in [4.69, 9.17) is 10.5 Å². The van der Waals surface area contributed by atoms with E-state index in [1.54, 1.807) is 30.3 Å². The number of carbonyl (C=O) groups is 1. The fourth-order valence-corrected chi connectivity index (χ4v) is 3.95. The minimum absolute atomic E-state index is 0.100. The molecule has 10 heteroatoms. The highest BCUT2D eigenvalue weighted by molar-refractivity contribution is 6.02. The van der Waals surface area contributed by atoms with Gasteiger partial charge >= 0.3 is 0 Å². The molecule has 1 fully saturated rings. The van der Waals surface area contributed by atoms with Crippen molar-refractivity contribution in [2.75, 3.05) is 12.3 Å². The predicted octanol–water partition coefficient (Wildman–Crippen LogP) is 0.355. The highest BCUT2D eigenvalue weighted by atomic mass is 16.6. The van der Waals surface area contributed by atoms with Crippen molar-refractivity contribution in [2.24, 2.45) is 0 Å². The normalized spacial score (nSPS) is 26.5. The molecular weight excluding hydrogens is 402 g/mol. The van der Waals surface area contributed by atoms with Crippen molar-refractivity contribution in [2.45, 2.75) is 50.2 Å². The first-order valence-corrected chi connectivity index (χ1v) is 9.87. The van der Waals surface area contributed by atoms with Crippen LogP contribution in [0.3, 0.4) is 0 Å². The summed E-state index contributed by atoms with van der Waals surface area (Å²) in [5.41, 5.74) is 3.91. The number of aromatic nitrogens is 4. The lowest BCUT2D eigenvalue weighted by molar-refractivity contribution is -0.115. The van der Waals surface area contributed by atoms with Gasteiger partial charge in [0.25, 0.3) is 0 Å². The van der Waals surface area contributed by atoms with E-state index in [-0.39, 0.29) is 22.5 Å². The van der Waals surface area contributed by atoms with Crippen LogP contribution < -0.4 is 5.73 Å². The van der Waals surface area contributed by atoms with Gasteiger partial charge < -0.3 is 25.8 Å². The number of nitrogen functional groups attached to an aromatic ring is 1. The van der Waals surface area contributed by atoms with Crippen molar-refractivity contribution >= 4 is 22.8 Å². The Morgan fingerprint density at radius 2 is 1.90 bits per heavy atom. The Kier molecular flexibility index (Phi) is 5.05. The van der Waals surface area contributed by atoms with E-state index >= 15 is 0 Å². The lowest BCUT2D eigenvalue weighted by Crippen LogP contribution is -2.53. The number of aliphatic hydroxyl groups excluding tert-OH is 3. The first kappa shape index (κ1) is 21.3. The van der Waals surface area contributed by atoms with E-state index in [0.29, 0.717) is 5.82 Å². The average molecular weight is 427 g/mol. The Balaban J connectivity index is 2.10.